The Morgan fingerprint density at radius 1 is 1.22 bits per heavy atom. The summed E-state index contributed by atoms with van der Waals surface area (Å²) < 4.78 is 43.8. The van der Waals surface area contributed by atoms with E-state index in [9.17, 15) is 18.3 Å². The molecule has 1 saturated heterocycles. The number of rotatable bonds is 10. The first kappa shape index (κ1) is 24.5. The molecule has 9 nitrogen and oxygen atoms in total. The number of sulfonamides is 1. The van der Waals surface area contributed by atoms with E-state index in [0.717, 1.165) is 25.9 Å². The molecule has 1 amide bonds. The normalized spacial score (nSPS) is 21.4. The van der Waals surface area contributed by atoms with Crippen molar-refractivity contribution in [3.8, 4) is 5.75 Å². The maximum atomic E-state index is 13.0. The van der Waals surface area contributed by atoms with E-state index < -0.39 is 16.3 Å². The molecule has 2 atom stereocenters. The van der Waals surface area contributed by atoms with Gasteiger partial charge in [-0.3, -0.25) is 4.79 Å². The van der Waals surface area contributed by atoms with Crippen molar-refractivity contribution in [2.45, 2.75) is 37.4 Å². The number of aliphatic hydroxyl groups is 1. The first-order valence-corrected chi connectivity index (χ1v) is 12.3. The number of likely N-dealkylation sites (tertiary alicyclic amines) is 1. The van der Waals surface area contributed by atoms with Crippen LogP contribution in [0.5, 0.6) is 5.75 Å². The van der Waals surface area contributed by atoms with Gasteiger partial charge >= 0.3 is 0 Å². The van der Waals surface area contributed by atoms with Crippen LogP contribution >= 0.6 is 0 Å². The number of carbonyl (C=O) groups excluding carboxylic acids is 1. The Hall–Kier alpha value is -2.14. The standard InChI is InChI=1S/C22H32N2O7S/c1-17-15-20(22(26)23-9-3-4-10-23)31-21(16-17)30-14-12-24(11-13-25)32(27,28)19-7-5-18(29-2)6-8-19/h5-8,15,17,21,25H,3-4,9-14,16H2,1-2H3/t17-,21+/m1/s1. The molecular weight excluding hydrogens is 436 g/mol. The molecule has 1 aromatic rings. The monoisotopic (exact) mass is 468 g/mol. The molecule has 1 fully saturated rings. The van der Waals surface area contributed by atoms with Crippen molar-refractivity contribution < 1.29 is 32.5 Å². The van der Waals surface area contributed by atoms with Crippen LogP contribution in [-0.2, 0) is 24.3 Å². The molecule has 2 heterocycles. The largest absolute Gasteiger partial charge is 0.497 e. The molecule has 0 unspecified atom stereocenters. The van der Waals surface area contributed by atoms with Gasteiger partial charge in [-0.1, -0.05) is 6.92 Å². The second-order valence-corrected chi connectivity index (χ2v) is 9.90. The van der Waals surface area contributed by atoms with E-state index in [1.54, 1.807) is 17.0 Å². The van der Waals surface area contributed by atoms with Crippen molar-refractivity contribution >= 4 is 15.9 Å². The molecule has 0 bridgehead atoms. The molecule has 0 saturated carbocycles. The summed E-state index contributed by atoms with van der Waals surface area (Å²) in [5, 5.41) is 9.37. The van der Waals surface area contributed by atoms with Crippen molar-refractivity contribution in [3.05, 3.63) is 36.1 Å². The van der Waals surface area contributed by atoms with E-state index in [4.69, 9.17) is 14.2 Å². The third-order valence-electron chi connectivity index (χ3n) is 5.55. The average molecular weight is 469 g/mol. The molecule has 2 aliphatic rings. The minimum atomic E-state index is -3.81. The molecule has 178 valence electrons. The van der Waals surface area contributed by atoms with E-state index in [-0.39, 0.29) is 43.0 Å². The summed E-state index contributed by atoms with van der Waals surface area (Å²) in [4.78, 5) is 14.5. The lowest BCUT2D eigenvalue weighted by molar-refractivity contribution is -0.154. The fourth-order valence-corrected chi connectivity index (χ4v) is 5.22. The van der Waals surface area contributed by atoms with Crippen LogP contribution in [0.2, 0.25) is 0 Å². The lowest BCUT2D eigenvalue weighted by atomic mass is 10.0. The van der Waals surface area contributed by atoms with Crippen LogP contribution < -0.4 is 4.74 Å². The zero-order valence-corrected chi connectivity index (χ0v) is 19.4. The summed E-state index contributed by atoms with van der Waals surface area (Å²) in [7, 11) is -2.31. The SMILES string of the molecule is COc1ccc(S(=O)(=O)N(CCO)CCO[C@@H]2C[C@H](C)C=C(C(=O)N3CCCC3)O2)cc1. The summed E-state index contributed by atoms with van der Waals surface area (Å²) in [6.45, 7) is 3.20. The maximum Gasteiger partial charge on any atom is 0.288 e. The highest BCUT2D eigenvalue weighted by atomic mass is 32.2. The molecule has 0 radical (unpaired) electrons. The molecule has 0 aliphatic carbocycles. The van der Waals surface area contributed by atoms with Gasteiger partial charge in [0.15, 0.2) is 5.76 Å². The van der Waals surface area contributed by atoms with Gasteiger partial charge in [-0.15, -0.1) is 0 Å². The maximum absolute atomic E-state index is 13.0. The van der Waals surface area contributed by atoms with Crippen molar-refractivity contribution in [1.82, 2.24) is 9.21 Å². The molecular formula is C22H32N2O7S. The number of allylic oxidation sites excluding steroid dienone is 1. The van der Waals surface area contributed by atoms with Crippen molar-refractivity contribution in [2.24, 2.45) is 5.92 Å². The second kappa shape index (κ2) is 11.1. The van der Waals surface area contributed by atoms with Crippen molar-refractivity contribution in [2.75, 3.05) is 46.5 Å². The number of carbonyl (C=O) groups is 1. The highest BCUT2D eigenvalue weighted by molar-refractivity contribution is 7.89. The van der Waals surface area contributed by atoms with Crippen LogP contribution in [0.1, 0.15) is 26.2 Å². The van der Waals surface area contributed by atoms with Crippen LogP contribution in [0, 0.1) is 5.92 Å². The van der Waals surface area contributed by atoms with Gasteiger partial charge in [-0.25, -0.2) is 8.42 Å². The van der Waals surface area contributed by atoms with E-state index >= 15 is 0 Å². The molecule has 3 rings (SSSR count). The molecule has 32 heavy (non-hydrogen) atoms. The third kappa shape index (κ3) is 6.00. The predicted molar refractivity (Wildman–Crippen MR) is 117 cm³/mol. The minimum absolute atomic E-state index is 0.0439. The van der Waals surface area contributed by atoms with Gasteiger partial charge in [0.2, 0.25) is 16.3 Å². The summed E-state index contributed by atoms with van der Waals surface area (Å²) in [6, 6.07) is 6.07. The van der Waals surface area contributed by atoms with Crippen LogP contribution in [0.4, 0.5) is 0 Å². The number of methoxy groups -OCH3 is 1. The number of hydrogen-bond donors (Lipinski definition) is 1. The fraction of sp³-hybridized carbons (Fsp3) is 0.591. The molecule has 1 N–H and O–H groups in total. The van der Waals surface area contributed by atoms with Gasteiger partial charge < -0.3 is 24.2 Å². The quantitative estimate of drug-likeness (QED) is 0.556. The Labute approximate surface area is 189 Å². The number of benzene rings is 1. The van der Waals surface area contributed by atoms with Crippen molar-refractivity contribution in [3.63, 3.8) is 0 Å². The van der Waals surface area contributed by atoms with Crippen LogP contribution in [-0.4, -0.2) is 81.4 Å². The highest BCUT2D eigenvalue weighted by Crippen LogP contribution is 2.25. The Morgan fingerprint density at radius 2 is 1.91 bits per heavy atom. The second-order valence-electron chi connectivity index (χ2n) is 7.96. The Bertz CT molecular complexity index is 895. The number of aliphatic hydroxyl groups excluding tert-OH is 1. The molecule has 0 aromatic heterocycles. The van der Waals surface area contributed by atoms with Gasteiger partial charge in [0.05, 0.1) is 25.2 Å². The Kier molecular flexibility index (Phi) is 8.52. The molecule has 0 spiro atoms. The summed E-state index contributed by atoms with van der Waals surface area (Å²) in [5.74, 6) is 0.837. The summed E-state index contributed by atoms with van der Waals surface area (Å²) in [6.07, 6.45) is 3.76. The minimum Gasteiger partial charge on any atom is -0.497 e. The molecule has 10 heteroatoms. The highest BCUT2D eigenvalue weighted by Gasteiger charge is 2.30. The lowest BCUT2D eigenvalue weighted by Crippen LogP contribution is -2.38. The number of nitrogens with zero attached hydrogens (tertiary/aromatic N) is 2. The van der Waals surface area contributed by atoms with Crippen LogP contribution in [0.25, 0.3) is 0 Å². The van der Waals surface area contributed by atoms with E-state index in [0.29, 0.717) is 17.9 Å². The van der Waals surface area contributed by atoms with Crippen molar-refractivity contribution in [1.29, 1.82) is 0 Å². The Balaban J connectivity index is 1.58. The predicted octanol–water partition coefficient (Wildman–Crippen LogP) is 1.58. The van der Waals surface area contributed by atoms with Gasteiger partial charge in [-0.2, -0.15) is 4.31 Å². The van der Waals surface area contributed by atoms with Crippen LogP contribution in [0.15, 0.2) is 41.0 Å². The molecule has 1 aromatic carbocycles. The summed E-state index contributed by atoms with van der Waals surface area (Å²) >= 11 is 0. The van der Waals surface area contributed by atoms with Gasteiger partial charge in [-0.05, 0) is 49.1 Å². The zero-order chi connectivity index (χ0) is 23.1. The Morgan fingerprint density at radius 3 is 2.53 bits per heavy atom. The summed E-state index contributed by atoms with van der Waals surface area (Å²) in [5.41, 5.74) is 0. The van der Waals surface area contributed by atoms with Crippen LogP contribution in [0.3, 0.4) is 0 Å². The number of ether oxygens (including phenoxy) is 3. The van der Waals surface area contributed by atoms with E-state index in [1.165, 1.54) is 23.5 Å². The smallest absolute Gasteiger partial charge is 0.288 e. The first-order chi connectivity index (χ1) is 15.3. The topological polar surface area (TPSA) is 106 Å². The number of hydrogen-bond acceptors (Lipinski definition) is 7. The van der Waals surface area contributed by atoms with Gasteiger partial charge in [0, 0.05) is 32.6 Å². The van der Waals surface area contributed by atoms with E-state index in [2.05, 4.69) is 0 Å². The zero-order valence-electron chi connectivity index (χ0n) is 18.6. The van der Waals surface area contributed by atoms with Gasteiger partial charge in [0.1, 0.15) is 5.75 Å². The fourth-order valence-electron chi connectivity index (χ4n) is 3.81. The number of amides is 1. The lowest BCUT2D eigenvalue weighted by Gasteiger charge is -2.30. The molecule has 2 aliphatic heterocycles. The third-order valence-corrected chi connectivity index (χ3v) is 7.47. The average Bonchev–Trinajstić information content (AvgIpc) is 3.32. The first-order valence-electron chi connectivity index (χ1n) is 10.9. The van der Waals surface area contributed by atoms with E-state index in [1.807, 2.05) is 13.0 Å². The van der Waals surface area contributed by atoms with Gasteiger partial charge in [0.25, 0.3) is 5.91 Å².